The Kier molecular flexibility index (Phi) is 7.02. The van der Waals surface area contributed by atoms with E-state index in [2.05, 4.69) is 21.2 Å². The van der Waals surface area contributed by atoms with Gasteiger partial charge in [-0.2, -0.15) is 0 Å². The van der Waals surface area contributed by atoms with Crippen LogP contribution in [0, 0.1) is 6.92 Å². The van der Waals surface area contributed by atoms with Crippen LogP contribution in [0.3, 0.4) is 0 Å². The average Bonchev–Trinajstić information content (AvgIpc) is 2.41. The third-order valence-corrected chi connectivity index (χ3v) is 3.70. The van der Waals surface area contributed by atoms with Gasteiger partial charge in [-0.1, -0.05) is 13.0 Å². The first-order chi connectivity index (χ1) is 9.47. The standard InChI is InChI=1S/C15H22BrNO3/c1-4-12(7-8-18)17-15(19)11(3)20-14-6-5-10(2)9-13(14)16/h5-6,9,11-12,18H,4,7-8H2,1-3H3,(H,17,19). The van der Waals surface area contributed by atoms with Crippen molar-refractivity contribution in [3.8, 4) is 5.75 Å². The number of aliphatic hydroxyl groups is 1. The summed E-state index contributed by atoms with van der Waals surface area (Å²) >= 11 is 3.42. The molecule has 0 bridgehead atoms. The molecular formula is C15H22BrNO3. The number of carbonyl (C=O) groups excluding carboxylic acids is 1. The molecule has 2 N–H and O–H groups in total. The van der Waals surface area contributed by atoms with Crippen LogP contribution in [0.4, 0.5) is 0 Å². The number of hydrogen-bond donors (Lipinski definition) is 2. The van der Waals surface area contributed by atoms with Crippen molar-refractivity contribution in [2.75, 3.05) is 6.61 Å². The maximum atomic E-state index is 12.0. The monoisotopic (exact) mass is 343 g/mol. The highest BCUT2D eigenvalue weighted by atomic mass is 79.9. The van der Waals surface area contributed by atoms with Gasteiger partial charge in [0.25, 0.3) is 5.91 Å². The smallest absolute Gasteiger partial charge is 0.260 e. The number of benzene rings is 1. The van der Waals surface area contributed by atoms with Gasteiger partial charge in [-0.15, -0.1) is 0 Å². The summed E-state index contributed by atoms with van der Waals surface area (Å²) in [5.74, 6) is 0.478. The highest BCUT2D eigenvalue weighted by Crippen LogP contribution is 2.26. The molecule has 2 unspecified atom stereocenters. The minimum Gasteiger partial charge on any atom is -0.480 e. The van der Waals surface area contributed by atoms with Gasteiger partial charge < -0.3 is 15.2 Å². The Balaban J connectivity index is 2.61. The molecule has 0 saturated carbocycles. The quantitative estimate of drug-likeness (QED) is 0.800. The Morgan fingerprint density at radius 3 is 2.75 bits per heavy atom. The van der Waals surface area contributed by atoms with Gasteiger partial charge in [-0.3, -0.25) is 4.79 Å². The highest BCUT2D eigenvalue weighted by molar-refractivity contribution is 9.10. The Labute approximate surface area is 128 Å². The lowest BCUT2D eigenvalue weighted by molar-refractivity contribution is -0.128. The molecule has 0 aromatic heterocycles. The van der Waals surface area contributed by atoms with Crippen LogP contribution in [-0.2, 0) is 4.79 Å². The van der Waals surface area contributed by atoms with Crippen molar-refractivity contribution >= 4 is 21.8 Å². The largest absolute Gasteiger partial charge is 0.480 e. The third kappa shape index (κ3) is 5.13. The molecule has 1 amide bonds. The summed E-state index contributed by atoms with van der Waals surface area (Å²) < 4.78 is 6.50. The van der Waals surface area contributed by atoms with Crippen molar-refractivity contribution in [3.63, 3.8) is 0 Å². The number of halogens is 1. The average molecular weight is 344 g/mol. The molecule has 0 radical (unpaired) electrons. The van der Waals surface area contributed by atoms with Crippen molar-refractivity contribution in [2.24, 2.45) is 0 Å². The summed E-state index contributed by atoms with van der Waals surface area (Å²) in [5, 5.41) is 11.8. The molecule has 2 atom stereocenters. The first-order valence-electron chi connectivity index (χ1n) is 6.82. The molecule has 0 fully saturated rings. The number of aliphatic hydroxyl groups excluding tert-OH is 1. The third-order valence-electron chi connectivity index (χ3n) is 3.08. The van der Waals surface area contributed by atoms with E-state index >= 15 is 0 Å². The Bertz CT molecular complexity index is 451. The molecule has 1 rings (SSSR count). The van der Waals surface area contributed by atoms with E-state index in [9.17, 15) is 4.79 Å². The number of carbonyl (C=O) groups is 1. The van der Waals surface area contributed by atoms with Crippen LogP contribution >= 0.6 is 15.9 Å². The maximum Gasteiger partial charge on any atom is 0.260 e. The van der Waals surface area contributed by atoms with Crippen LogP contribution in [0.25, 0.3) is 0 Å². The van der Waals surface area contributed by atoms with E-state index in [0.717, 1.165) is 16.5 Å². The van der Waals surface area contributed by atoms with Gasteiger partial charge in [0.2, 0.25) is 0 Å². The summed E-state index contributed by atoms with van der Waals surface area (Å²) in [4.78, 5) is 12.0. The number of rotatable bonds is 7. The van der Waals surface area contributed by atoms with E-state index in [0.29, 0.717) is 12.2 Å². The molecular weight excluding hydrogens is 322 g/mol. The molecule has 1 aromatic rings. The van der Waals surface area contributed by atoms with E-state index < -0.39 is 6.10 Å². The fourth-order valence-electron chi connectivity index (χ4n) is 1.80. The van der Waals surface area contributed by atoms with Crippen molar-refractivity contribution in [3.05, 3.63) is 28.2 Å². The number of hydrogen-bond acceptors (Lipinski definition) is 3. The van der Waals surface area contributed by atoms with E-state index in [-0.39, 0.29) is 18.6 Å². The zero-order valence-corrected chi connectivity index (χ0v) is 13.7. The van der Waals surface area contributed by atoms with Gasteiger partial charge in [0.1, 0.15) is 5.75 Å². The molecule has 112 valence electrons. The topological polar surface area (TPSA) is 58.6 Å². The van der Waals surface area contributed by atoms with Crippen LogP contribution < -0.4 is 10.1 Å². The van der Waals surface area contributed by atoms with Gasteiger partial charge in [0, 0.05) is 12.6 Å². The van der Waals surface area contributed by atoms with Crippen molar-refractivity contribution in [2.45, 2.75) is 45.8 Å². The normalized spacial score (nSPS) is 13.7. The molecule has 1 aromatic carbocycles. The van der Waals surface area contributed by atoms with E-state index in [4.69, 9.17) is 9.84 Å². The first kappa shape index (κ1) is 17.0. The van der Waals surface area contributed by atoms with Crippen LogP contribution in [0.5, 0.6) is 5.75 Å². The van der Waals surface area contributed by atoms with Crippen molar-refractivity contribution in [1.29, 1.82) is 0 Å². The van der Waals surface area contributed by atoms with Crippen LogP contribution in [0.15, 0.2) is 22.7 Å². The van der Waals surface area contributed by atoms with Crippen LogP contribution in [-0.4, -0.2) is 29.8 Å². The molecule has 4 nitrogen and oxygen atoms in total. The molecule has 5 heteroatoms. The molecule has 0 aliphatic carbocycles. The molecule has 0 aliphatic rings. The Hall–Kier alpha value is -1.07. The summed E-state index contributed by atoms with van der Waals surface area (Å²) in [7, 11) is 0. The maximum absolute atomic E-state index is 12.0. The zero-order chi connectivity index (χ0) is 15.1. The number of nitrogens with one attached hydrogen (secondary N) is 1. The summed E-state index contributed by atoms with van der Waals surface area (Å²) in [6.45, 7) is 5.75. The highest BCUT2D eigenvalue weighted by Gasteiger charge is 2.18. The van der Waals surface area contributed by atoms with Gasteiger partial charge in [-0.05, 0) is 60.3 Å². The Morgan fingerprint density at radius 1 is 1.50 bits per heavy atom. The fraction of sp³-hybridized carbons (Fsp3) is 0.533. The summed E-state index contributed by atoms with van der Waals surface area (Å²) in [6.07, 6.45) is 0.762. The first-order valence-corrected chi connectivity index (χ1v) is 7.61. The zero-order valence-electron chi connectivity index (χ0n) is 12.1. The second kappa shape index (κ2) is 8.27. The SMILES string of the molecule is CCC(CCO)NC(=O)C(C)Oc1ccc(C)cc1Br. The number of aryl methyl sites for hydroxylation is 1. The Morgan fingerprint density at radius 2 is 2.20 bits per heavy atom. The van der Waals surface area contributed by atoms with Crippen molar-refractivity contribution in [1.82, 2.24) is 5.32 Å². The number of ether oxygens (including phenoxy) is 1. The lowest BCUT2D eigenvalue weighted by atomic mass is 10.1. The second-order valence-corrected chi connectivity index (χ2v) is 5.67. The summed E-state index contributed by atoms with van der Waals surface area (Å²) in [5.41, 5.74) is 1.12. The lowest BCUT2D eigenvalue weighted by Gasteiger charge is -2.20. The molecule has 0 aliphatic heterocycles. The number of amides is 1. The summed E-state index contributed by atoms with van der Waals surface area (Å²) in [6, 6.07) is 5.71. The fourth-order valence-corrected chi connectivity index (χ4v) is 2.38. The van der Waals surface area contributed by atoms with Gasteiger partial charge in [-0.25, -0.2) is 0 Å². The minimum absolute atomic E-state index is 0.0139. The van der Waals surface area contributed by atoms with Crippen molar-refractivity contribution < 1.29 is 14.6 Å². The van der Waals surface area contributed by atoms with Gasteiger partial charge in [0.05, 0.1) is 4.47 Å². The van der Waals surface area contributed by atoms with Gasteiger partial charge in [0.15, 0.2) is 6.10 Å². The van der Waals surface area contributed by atoms with E-state index in [1.807, 2.05) is 32.0 Å². The molecule has 0 spiro atoms. The minimum atomic E-state index is -0.582. The van der Waals surface area contributed by atoms with E-state index in [1.54, 1.807) is 6.92 Å². The molecule has 0 heterocycles. The van der Waals surface area contributed by atoms with Crippen LogP contribution in [0.1, 0.15) is 32.3 Å². The van der Waals surface area contributed by atoms with Crippen LogP contribution in [0.2, 0.25) is 0 Å². The predicted octanol–water partition coefficient (Wildman–Crippen LogP) is 2.80. The lowest BCUT2D eigenvalue weighted by Crippen LogP contribution is -2.42. The molecule has 20 heavy (non-hydrogen) atoms. The van der Waals surface area contributed by atoms with E-state index in [1.165, 1.54) is 0 Å². The molecule has 0 saturated heterocycles. The second-order valence-electron chi connectivity index (χ2n) is 4.82. The predicted molar refractivity (Wildman–Crippen MR) is 82.9 cm³/mol. The van der Waals surface area contributed by atoms with Gasteiger partial charge >= 0.3 is 0 Å².